The Kier molecular flexibility index (Phi) is 4.57. The molecule has 1 aromatic heterocycles. The van der Waals surface area contributed by atoms with Crippen molar-refractivity contribution in [1.29, 1.82) is 5.26 Å². The molecular formula is C18H18N2S. The lowest BCUT2D eigenvalue weighted by molar-refractivity contribution is 0.516. The largest absolute Gasteiger partial charge is 0.236 e. The number of hydrogen-bond donors (Lipinski definition) is 0. The third-order valence-corrected chi connectivity index (χ3v) is 5.27. The molecule has 0 unspecified atom stereocenters. The van der Waals surface area contributed by atoms with Gasteiger partial charge < -0.3 is 0 Å². The minimum absolute atomic E-state index is 0.562. The lowest BCUT2D eigenvalue weighted by atomic mass is 10.0. The van der Waals surface area contributed by atoms with Crippen molar-refractivity contribution in [3.63, 3.8) is 0 Å². The molecule has 1 aliphatic carbocycles. The summed E-state index contributed by atoms with van der Waals surface area (Å²) in [5.41, 5.74) is 2.50. The van der Waals surface area contributed by atoms with Crippen molar-refractivity contribution in [3.05, 3.63) is 48.2 Å². The molecule has 3 heteroatoms. The van der Waals surface area contributed by atoms with Crippen molar-refractivity contribution in [1.82, 2.24) is 4.98 Å². The number of nitriles is 1. The van der Waals surface area contributed by atoms with Gasteiger partial charge in [0.15, 0.2) is 5.69 Å². The summed E-state index contributed by atoms with van der Waals surface area (Å²) >= 11 is 1.83. The van der Waals surface area contributed by atoms with Gasteiger partial charge in [0.2, 0.25) is 0 Å². The molecule has 0 radical (unpaired) electrons. The van der Waals surface area contributed by atoms with E-state index >= 15 is 0 Å². The quantitative estimate of drug-likeness (QED) is 0.795. The van der Waals surface area contributed by atoms with E-state index < -0.39 is 0 Å². The average Bonchev–Trinajstić information content (AvgIpc) is 2.57. The van der Waals surface area contributed by atoms with Crippen LogP contribution in [-0.2, 0) is 0 Å². The van der Waals surface area contributed by atoms with Gasteiger partial charge in [-0.25, -0.2) is 4.98 Å². The van der Waals surface area contributed by atoms with Crippen LogP contribution in [0, 0.1) is 11.3 Å². The Morgan fingerprint density at radius 2 is 1.76 bits per heavy atom. The van der Waals surface area contributed by atoms with Gasteiger partial charge in [-0.15, -0.1) is 11.8 Å². The minimum Gasteiger partial charge on any atom is -0.236 e. The molecule has 3 rings (SSSR count). The monoisotopic (exact) mass is 294 g/mol. The van der Waals surface area contributed by atoms with E-state index in [0.717, 1.165) is 16.2 Å². The molecule has 1 aliphatic rings. The summed E-state index contributed by atoms with van der Waals surface area (Å²) in [4.78, 5) is 5.58. The zero-order valence-corrected chi connectivity index (χ0v) is 12.8. The first kappa shape index (κ1) is 14.2. The lowest BCUT2D eigenvalue weighted by Gasteiger charge is -2.21. The van der Waals surface area contributed by atoms with Crippen molar-refractivity contribution in [2.45, 2.75) is 42.2 Å². The van der Waals surface area contributed by atoms with Crippen LogP contribution in [0.1, 0.15) is 37.8 Å². The highest BCUT2D eigenvalue weighted by molar-refractivity contribution is 8.00. The van der Waals surface area contributed by atoms with Gasteiger partial charge in [-0.05, 0) is 25.0 Å². The van der Waals surface area contributed by atoms with Crippen LogP contribution in [0.25, 0.3) is 11.3 Å². The lowest BCUT2D eigenvalue weighted by Crippen LogP contribution is -2.08. The van der Waals surface area contributed by atoms with E-state index in [1.54, 1.807) is 0 Å². The molecular weight excluding hydrogens is 276 g/mol. The maximum atomic E-state index is 9.39. The van der Waals surface area contributed by atoms with Crippen LogP contribution in [0.4, 0.5) is 0 Å². The second-order valence-electron chi connectivity index (χ2n) is 5.40. The van der Waals surface area contributed by atoms with Crippen LogP contribution in [0.3, 0.4) is 0 Å². The standard InChI is InChI=1S/C18H18N2S/c19-13-17-18(21-15-9-5-2-6-10-15)12-11-16(20-17)14-7-3-1-4-8-14/h1,3-4,7-8,11-12,15H,2,5-6,9-10H2. The van der Waals surface area contributed by atoms with Crippen LogP contribution in [-0.4, -0.2) is 10.2 Å². The number of rotatable bonds is 3. The number of benzene rings is 1. The molecule has 2 nitrogen and oxygen atoms in total. The van der Waals surface area contributed by atoms with Crippen LogP contribution in [0.2, 0.25) is 0 Å². The van der Waals surface area contributed by atoms with Gasteiger partial charge in [0, 0.05) is 15.7 Å². The molecule has 2 aromatic rings. The number of hydrogen-bond acceptors (Lipinski definition) is 3. The Morgan fingerprint density at radius 3 is 2.48 bits per heavy atom. The van der Waals surface area contributed by atoms with Crippen LogP contribution in [0.15, 0.2) is 47.4 Å². The fraction of sp³-hybridized carbons (Fsp3) is 0.333. The molecule has 0 saturated heterocycles. The smallest absolute Gasteiger partial charge is 0.154 e. The van der Waals surface area contributed by atoms with Gasteiger partial charge in [-0.2, -0.15) is 5.26 Å². The molecule has 106 valence electrons. The molecule has 0 N–H and O–H groups in total. The maximum Gasteiger partial charge on any atom is 0.154 e. The molecule has 1 fully saturated rings. The van der Waals surface area contributed by atoms with E-state index in [2.05, 4.69) is 17.1 Å². The molecule has 0 aliphatic heterocycles. The van der Waals surface area contributed by atoms with Crippen molar-refractivity contribution in [3.8, 4) is 17.3 Å². The normalized spacial score (nSPS) is 15.6. The van der Waals surface area contributed by atoms with Crippen molar-refractivity contribution < 1.29 is 0 Å². The molecule has 0 atom stereocenters. The second-order valence-corrected chi connectivity index (χ2v) is 6.74. The minimum atomic E-state index is 0.562. The summed E-state index contributed by atoms with van der Waals surface area (Å²) in [6.07, 6.45) is 6.50. The number of nitrogens with zero attached hydrogens (tertiary/aromatic N) is 2. The summed E-state index contributed by atoms with van der Waals surface area (Å²) in [6.45, 7) is 0. The predicted octanol–water partition coefficient (Wildman–Crippen LogP) is 5.05. The van der Waals surface area contributed by atoms with Crippen molar-refractivity contribution >= 4 is 11.8 Å². The van der Waals surface area contributed by atoms with Gasteiger partial charge in [-0.1, -0.05) is 49.6 Å². The molecule has 0 bridgehead atoms. The van der Waals surface area contributed by atoms with E-state index in [1.165, 1.54) is 32.1 Å². The van der Waals surface area contributed by atoms with Crippen LogP contribution >= 0.6 is 11.8 Å². The first-order valence-electron chi connectivity index (χ1n) is 7.50. The van der Waals surface area contributed by atoms with E-state index in [-0.39, 0.29) is 0 Å². The van der Waals surface area contributed by atoms with Gasteiger partial charge in [0.05, 0.1) is 5.69 Å². The van der Waals surface area contributed by atoms with Crippen molar-refractivity contribution in [2.75, 3.05) is 0 Å². The Morgan fingerprint density at radius 1 is 1.00 bits per heavy atom. The summed E-state index contributed by atoms with van der Waals surface area (Å²) in [5.74, 6) is 0. The summed E-state index contributed by atoms with van der Waals surface area (Å²) < 4.78 is 0. The Balaban J connectivity index is 1.84. The Hall–Kier alpha value is -1.79. The predicted molar refractivity (Wildman–Crippen MR) is 87.1 cm³/mol. The van der Waals surface area contributed by atoms with E-state index in [4.69, 9.17) is 0 Å². The van der Waals surface area contributed by atoms with Crippen LogP contribution < -0.4 is 0 Å². The molecule has 21 heavy (non-hydrogen) atoms. The van der Waals surface area contributed by atoms with Gasteiger partial charge in [0.25, 0.3) is 0 Å². The van der Waals surface area contributed by atoms with E-state index in [1.807, 2.05) is 48.2 Å². The highest BCUT2D eigenvalue weighted by Crippen LogP contribution is 2.35. The first-order chi connectivity index (χ1) is 10.4. The molecule has 0 spiro atoms. The van der Waals surface area contributed by atoms with Crippen molar-refractivity contribution in [2.24, 2.45) is 0 Å². The van der Waals surface area contributed by atoms with Crippen LogP contribution in [0.5, 0.6) is 0 Å². The molecule has 1 aromatic carbocycles. The van der Waals surface area contributed by atoms with Gasteiger partial charge >= 0.3 is 0 Å². The summed E-state index contributed by atoms with van der Waals surface area (Å²) in [5, 5.41) is 10.0. The Labute approximate surface area is 130 Å². The summed E-state index contributed by atoms with van der Waals surface area (Å²) in [6, 6.07) is 16.4. The number of pyridine rings is 1. The maximum absolute atomic E-state index is 9.39. The fourth-order valence-electron chi connectivity index (χ4n) is 2.75. The highest BCUT2D eigenvalue weighted by Gasteiger charge is 2.17. The number of thioether (sulfide) groups is 1. The van der Waals surface area contributed by atoms with E-state index in [0.29, 0.717) is 10.9 Å². The SMILES string of the molecule is N#Cc1nc(-c2ccccc2)ccc1SC1CCCCC1. The summed E-state index contributed by atoms with van der Waals surface area (Å²) in [7, 11) is 0. The van der Waals surface area contributed by atoms with Gasteiger partial charge in [0.1, 0.15) is 6.07 Å². The molecule has 0 amide bonds. The first-order valence-corrected chi connectivity index (χ1v) is 8.38. The molecule has 1 saturated carbocycles. The fourth-order valence-corrected chi connectivity index (χ4v) is 4.03. The zero-order chi connectivity index (χ0) is 14.5. The third kappa shape index (κ3) is 3.46. The zero-order valence-electron chi connectivity index (χ0n) is 12.0. The topological polar surface area (TPSA) is 36.7 Å². The molecule has 1 heterocycles. The second kappa shape index (κ2) is 6.78. The number of aromatic nitrogens is 1. The van der Waals surface area contributed by atoms with Gasteiger partial charge in [-0.3, -0.25) is 0 Å². The third-order valence-electron chi connectivity index (χ3n) is 3.88. The Bertz CT molecular complexity index is 640. The average molecular weight is 294 g/mol. The highest BCUT2D eigenvalue weighted by atomic mass is 32.2. The van der Waals surface area contributed by atoms with E-state index in [9.17, 15) is 5.26 Å².